The van der Waals surface area contributed by atoms with Crippen LogP contribution in [0.25, 0.3) is 0 Å². The van der Waals surface area contributed by atoms with E-state index in [1.165, 1.54) is 12.1 Å². The Kier molecular flexibility index (Phi) is 4.03. The van der Waals surface area contributed by atoms with E-state index < -0.39 is 0 Å². The molecule has 0 heterocycles. The van der Waals surface area contributed by atoms with Gasteiger partial charge >= 0.3 is 0 Å². The number of para-hydroxylation sites is 1. The van der Waals surface area contributed by atoms with Gasteiger partial charge in [-0.05, 0) is 34.7 Å². The lowest BCUT2D eigenvalue weighted by Gasteiger charge is -2.12. The molecule has 0 aromatic heterocycles. The van der Waals surface area contributed by atoms with Gasteiger partial charge in [-0.15, -0.1) is 0 Å². The summed E-state index contributed by atoms with van der Waals surface area (Å²) in [5.74, 6) is 0.322. The molecule has 0 amide bonds. The number of rotatable bonds is 3. The maximum Gasteiger partial charge on any atom is 0.153 e. The standard InChI is InChI=1S/C13H11FINO2/c14-9-5-13(11(16)6-10(9)15)18-12-4-2-1-3-8(12)7-17/h1-6,17H,7,16H2. The van der Waals surface area contributed by atoms with Crippen molar-refractivity contribution in [1.29, 1.82) is 0 Å². The van der Waals surface area contributed by atoms with E-state index >= 15 is 0 Å². The fourth-order valence-corrected chi connectivity index (χ4v) is 1.98. The van der Waals surface area contributed by atoms with Gasteiger partial charge < -0.3 is 15.6 Å². The largest absolute Gasteiger partial charge is 0.455 e. The van der Waals surface area contributed by atoms with Gasteiger partial charge in [0.15, 0.2) is 5.75 Å². The fraction of sp³-hybridized carbons (Fsp3) is 0.0769. The van der Waals surface area contributed by atoms with E-state index in [0.29, 0.717) is 20.6 Å². The number of hydrogen-bond donors (Lipinski definition) is 2. The number of aliphatic hydroxyl groups is 1. The molecule has 0 radical (unpaired) electrons. The Morgan fingerprint density at radius 2 is 1.94 bits per heavy atom. The lowest BCUT2D eigenvalue weighted by atomic mass is 10.2. The zero-order valence-electron chi connectivity index (χ0n) is 9.36. The molecule has 0 saturated carbocycles. The van der Waals surface area contributed by atoms with E-state index in [4.69, 9.17) is 10.5 Å². The van der Waals surface area contributed by atoms with Gasteiger partial charge in [0.25, 0.3) is 0 Å². The van der Waals surface area contributed by atoms with Gasteiger partial charge in [0.05, 0.1) is 15.9 Å². The molecular formula is C13H11FINO2. The van der Waals surface area contributed by atoms with Crippen LogP contribution in [0.2, 0.25) is 0 Å². The first-order chi connectivity index (χ1) is 8.61. The predicted molar refractivity (Wildman–Crippen MR) is 76.0 cm³/mol. The van der Waals surface area contributed by atoms with Gasteiger partial charge in [-0.2, -0.15) is 0 Å². The topological polar surface area (TPSA) is 55.5 Å². The van der Waals surface area contributed by atoms with Crippen LogP contribution in [0.4, 0.5) is 10.1 Å². The summed E-state index contributed by atoms with van der Waals surface area (Å²) in [7, 11) is 0. The third-order valence-electron chi connectivity index (χ3n) is 2.42. The monoisotopic (exact) mass is 359 g/mol. The molecule has 3 N–H and O–H groups in total. The Morgan fingerprint density at radius 3 is 2.67 bits per heavy atom. The number of halogens is 2. The molecule has 2 aromatic rings. The van der Waals surface area contributed by atoms with Crippen molar-refractivity contribution in [3.05, 3.63) is 51.3 Å². The van der Waals surface area contributed by atoms with Crippen LogP contribution in [-0.2, 0) is 6.61 Å². The molecule has 0 bridgehead atoms. The van der Waals surface area contributed by atoms with E-state index in [0.717, 1.165) is 0 Å². The summed E-state index contributed by atoms with van der Waals surface area (Å²) < 4.78 is 19.4. The number of nitrogens with two attached hydrogens (primary N) is 1. The second-order valence-corrected chi connectivity index (χ2v) is 4.83. The van der Waals surface area contributed by atoms with Crippen molar-refractivity contribution in [2.75, 3.05) is 5.73 Å². The van der Waals surface area contributed by atoms with Gasteiger partial charge in [-0.1, -0.05) is 18.2 Å². The molecule has 5 heteroatoms. The first kappa shape index (κ1) is 13.1. The maximum atomic E-state index is 13.5. The molecule has 94 valence electrons. The Hall–Kier alpha value is -1.34. The van der Waals surface area contributed by atoms with Crippen LogP contribution < -0.4 is 10.5 Å². The SMILES string of the molecule is Nc1cc(I)c(F)cc1Oc1ccccc1CO. The average molecular weight is 359 g/mol. The molecule has 3 nitrogen and oxygen atoms in total. The average Bonchev–Trinajstić information content (AvgIpc) is 2.36. The Bertz CT molecular complexity index is 575. The number of anilines is 1. The van der Waals surface area contributed by atoms with E-state index in [1.54, 1.807) is 24.3 Å². The highest BCUT2D eigenvalue weighted by molar-refractivity contribution is 14.1. The number of benzene rings is 2. The minimum Gasteiger partial charge on any atom is -0.455 e. The van der Waals surface area contributed by atoms with Gasteiger partial charge in [0.1, 0.15) is 11.6 Å². The van der Waals surface area contributed by atoms with Gasteiger partial charge in [-0.3, -0.25) is 0 Å². The number of ether oxygens (including phenoxy) is 1. The zero-order valence-corrected chi connectivity index (χ0v) is 11.5. The third kappa shape index (κ3) is 2.73. The van der Waals surface area contributed by atoms with Crippen molar-refractivity contribution in [3.8, 4) is 11.5 Å². The molecule has 18 heavy (non-hydrogen) atoms. The molecule has 0 aliphatic rings. The first-order valence-corrected chi connectivity index (χ1v) is 6.31. The highest BCUT2D eigenvalue weighted by atomic mass is 127. The molecule has 0 unspecified atom stereocenters. The second kappa shape index (κ2) is 5.53. The smallest absolute Gasteiger partial charge is 0.153 e. The summed E-state index contributed by atoms with van der Waals surface area (Å²) in [5, 5.41) is 9.18. The molecule has 0 aliphatic heterocycles. The minimum atomic E-state index is -0.388. The van der Waals surface area contributed by atoms with Crippen molar-refractivity contribution in [2.24, 2.45) is 0 Å². The molecule has 0 saturated heterocycles. The van der Waals surface area contributed by atoms with Crippen molar-refractivity contribution in [2.45, 2.75) is 6.61 Å². The molecule has 0 aliphatic carbocycles. The maximum absolute atomic E-state index is 13.5. The summed E-state index contributed by atoms with van der Waals surface area (Å²) >= 11 is 1.86. The van der Waals surface area contributed by atoms with Gasteiger partial charge in [-0.25, -0.2) is 4.39 Å². The Morgan fingerprint density at radius 1 is 1.22 bits per heavy atom. The second-order valence-electron chi connectivity index (χ2n) is 3.67. The molecule has 2 rings (SSSR count). The van der Waals surface area contributed by atoms with Crippen LogP contribution in [0.1, 0.15) is 5.56 Å². The number of hydrogen-bond acceptors (Lipinski definition) is 3. The van der Waals surface area contributed by atoms with Crippen LogP contribution in [0.3, 0.4) is 0 Å². The molecule has 2 aromatic carbocycles. The minimum absolute atomic E-state index is 0.150. The Labute approximate surface area is 118 Å². The predicted octanol–water partition coefficient (Wildman–Crippen LogP) is 3.30. The van der Waals surface area contributed by atoms with Crippen LogP contribution >= 0.6 is 22.6 Å². The fourth-order valence-electron chi connectivity index (χ4n) is 1.48. The number of nitrogen functional groups attached to an aromatic ring is 1. The molecule has 0 atom stereocenters. The Balaban J connectivity index is 2.37. The van der Waals surface area contributed by atoms with Crippen LogP contribution in [0, 0.1) is 9.39 Å². The molecule has 0 fully saturated rings. The highest BCUT2D eigenvalue weighted by Gasteiger charge is 2.10. The van der Waals surface area contributed by atoms with Crippen molar-refractivity contribution in [1.82, 2.24) is 0 Å². The van der Waals surface area contributed by atoms with Gasteiger partial charge in [0.2, 0.25) is 0 Å². The van der Waals surface area contributed by atoms with Crippen molar-refractivity contribution < 1.29 is 14.2 Å². The summed E-state index contributed by atoms with van der Waals surface area (Å²) in [6.45, 7) is -0.150. The lowest BCUT2D eigenvalue weighted by Crippen LogP contribution is -1.97. The van der Waals surface area contributed by atoms with Crippen molar-refractivity contribution in [3.63, 3.8) is 0 Å². The summed E-state index contributed by atoms with van der Waals surface area (Å²) in [4.78, 5) is 0. The van der Waals surface area contributed by atoms with E-state index in [-0.39, 0.29) is 18.2 Å². The van der Waals surface area contributed by atoms with Crippen LogP contribution in [0.15, 0.2) is 36.4 Å². The normalized spacial score (nSPS) is 10.4. The lowest BCUT2D eigenvalue weighted by molar-refractivity contribution is 0.276. The van der Waals surface area contributed by atoms with Crippen molar-refractivity contribution >= 4 is 28.3 Å². The van der Waals surface area contributed by atoms with E-state index in [9.17, 15) is 9.50 Å². The summed E-state index contributed by atoms with van der Waals surface area (Å²) in [5.41, 5.74) is 6.75. The summed E-state index contributed by atoms with van der Waals surface area (Å²) in [6.07, 6.45) is 0. The molecular weight excluding hydrogens is 348 g/mol. The quantitative estimate of drug-likeness (QED) is 0.653. The van der Waals surface area contributed by atoms with Crippen LogP contribution in [0.5, 0.6) is 11.5 Å². The third-order valence-corrected chi connectivity index (χ3v) is 3.24. The van der Waals surface area contributed by atoms with Gasteiger partial charge in [0, 0.05) is 11.6 Å². The van der Waals surface area contributed by atoms with E-state index in [1.807, 2.05) is 22.6 Å². The number of aliphatic hydroxyl groups excluding tert-OH is 1. The molecule has 0 spiro atoms. The zero-order chi connectivity index (χ0) is 13.1. The van der Waals surface area contributed by atoms with E-state index in [2.05, 4.69) is 0 Å². The van der Waals surface area contributed by atoms with Crippen LogP contribution in [-0.4, -0.2) is 5.11 Å². The summed E-state index contributed by atoms with van der Waals surface area (Å²) in [6, 6.07) is 9.73. The highest BCUT2D eigenvalue weighted by Crippen LogP contribution is 2.32. The first-order valence-electron chi connectivity index (χ1n) is 5.23.